The number of halogens is 2. The van der Waals surface area contributed by atoms with Crippen LogP contribution >= 0.6 is 23.2 Å². The highest BCUT2D eigenvalue weighted by Gasteiger charge is 2.43. The molecule has 0 aliphatic rings. The lowest BCUT2D eigenvalue weighted by Gasteiger charge is -2.42. The number of fused-ring (bicyclic) bond motifs is 1. The molecule has 0 heterocycles. The average Bonchev–Trinajstić information content (AvgIpc) is 2.92. The van der Waals surface area contributed by atoms with Gasteiger partial charge in [0.15, 0.2) is 0 Å². The molecule has 0 saturated heterocycles. The summed E-state index contributed by atoms with van der Waals surface area (Å²) in [6.45, 7) is 16.1. The number of benzene rings is 4. The summed E-state index contributed by atoms with van der Waals surface area (Å²) in [6.07, 6.45) is 0. The highest BCUT2D eigenvalue weighted by Crippen LogP contribution is 2.45. The summed E-state index contributed by atoms with van der Waals surface area (Å²) in [4.78, 5) is -0.595. The number of hydrogen-bond donors (Lipinski definition) is 0. The van der Waals surface area contributed by atoms with E-state index < -0.39 is 21.3 Å². The molecule has 216 valence electrons. The normalized spacial score (nSPS) is 12.5. The minimum Gasteiger partial charge on any atom is -0.486 e. The third kappa shape index (κ3) is 5.43. The first-order chi connectivity index (χ1) is 19.6. The Kier molecular flexibility index (Phi) is 8.32. The van der Waals surface area contributed by atoms with E-state index in [9.17, 15) is 10.5 Å². The summed E-state index contributed by atoms with van der Waals surface area (Å²) >= 11 is 13.1. The van der Waals surface area contributed by atoms with Crippen molar-refractivity contribution in [2.75, 3.05) is 0 Å². The van der Waals surface area contributed by atoms with Gasteiger partial charge in [0.1, 0.15) is 35.0 Å². The number of ether oxygens (including phenoxy) is 2. The summed E-state index contributed by atoms with van der Waals surface area (Å²) in [7, 11) is 0. The van der Waals surface area contributed by atoms with Crippen molar-refractivity contribution in [1.29, 1.82) is 10.5 Å². The van der Waals surface area contributed by atoms with Crippen LogP contribution in [0.5, 0.6) is 17.2 Å². The van der Waals surface area contributed by atoms with Crippen molar-refractivity contribution in [3.63, 3.8) is 0 Å². The topological polar surface area (TPSA) is 66.0 Å². The van der Waals surface area contributed by atoms with Gasteiger partial charge in [0.05, 0.1) is 16.1 Å². The monoisotopic (exact) mass is 598 g/mol. The molecule has 0 fully saturated rings. The maximum Gasteiger partial charge on any atom is 0.145 e. The molecule has 0 aliphatic carbocycles. The Morgan fingerprint density at radius 1 is 0.595 bits per heavy atom. The largest absolute Gasteiger partial charge is 0.486 e. The van der Waals surface area contributed by atoms with Crippen LogP contribution in [0.2, 0.25) is 5.02 Å². The predicted molar refractivity (Wildman–Crippen MR) is 172 cm³/mol. The van der Waals surface area contributed by atoms with Crippen LogP contribution in [0.25, 0.3) is 10.8 Å². The SMILES string of the molecule is CC(C)(Cl)C(C)(C)c1cccc(Oc2cccc3c(OC(C)(C)C(C)(C)c4cccc(Cl)c4C#N)cccc23)c1C#N. The average molecular weight is 600 g/mol. The van der Waals surface area contributed by atoms with Crippen LogP contribution < -0.4 is 9.47 Å². The van der Waals surface area contributed by atoms with Gasteiger partial charge in [0.25, 0.3) is 0 Å². The van der Waals surface area contributed by atoms with Crippen molar-refractivity contribution in [1.82, 2.24) is 0 Å². The molecule has 0 radical (unpaired) electrons. The second-order valence-electron chi connectivity index (χ2n) is 12.6. The fourth-order valence-electron chi connectivity index (χ4n) is 5.01. The molecule has 0 aliphatic heterocycles. The molecule has 0 N–H and O–H groups in total. The van der Waals surface area contributed by atoms with Gasteiger partial charge in [-0.3, -0.25) is 0 Å². The van der Waals surface area contributed by atoms with E-state index in [1.54, 1.807) is 6.07 Å². The lowest BCUT2D eigenvalue weighted by molar-refractivity contribution is 0.0371. The molecule has 0 saturated carbocycles. The summed E-state index contributed by atoms with van der Waals surface area (Å²) in [6, 6.07) is 27.4. The quantitative estimate of drug-likeness (QED) is 0.189. The Hall–Kier alpha value is -3.70. The van der Waals surface area contributed by atoms with Gasteiger partial charge in [-0.2, -0.15) is 10.5 Å². The van der Waals surface area contributed by atoms with Gasteiger partial charge < -0.3 is 9.47 Å². The molecule has 4 rings (SSSR count). The minimum atomic E-state index is -0.739. The molecular formula is C36H36Cl2N2O2. The smallest absolute Gasteiger partial charge is 0.145 e. The van der Waals surface area contributed by atoms with Gasteiger partial charge in [-0.05, 0) is 63.1 Å². The van der Waals surface area contributed by atoms with E-state index in [2.05, 4.69) is 26.0 Å². The first-order valence-corrected chi connectivity index (χ1v) is 14.6. The summed E-state index contributed by atoms with van der Waals surface area (Å²) in [5.74, 6) is 1.75. The highest BCUT2D eigenvalue weighted by atomic mass is 35.5. The lowest BCUT2D eigenvalue weighted by atomic mass is 9.70. The number of hydrogen-bond acceptors (Lipinski definition) is 4. The van der Waals surface area contributed by atoms with Gasteiger partial charge >= 0.3 is 0 Å². The van der Waals surface area contributed by atoms with Crippen LogP contribution in [0.4, 0.5) is 0 Å². The van der Waals surface area contributed by atoms with Crippen molar-refractivity contribution in [3.8, 4) is 29.4 Å². The number of nitriles is 2. The number of alkyl halides is 1. The van der Waals surface area contributed by atoms with Crippen LogP contribution in [0.1, 0.15) is 77.6 Å². The van der Waals surface area contributed by atoms with Crippen LogP contribution in [0, 0.1) is 22.7 Å². The van der Waals surface area contributed by atoms with Gasteiger partial charge in [0, 0.05) is 26.5 Å². The van der Waals surface area contributed by atoms with Crippen molar-refractivity contribution in [2.45, 2.75) is 76.7 Å². The molecule has 0 aromatic heterocycles. The van der Waals surface area contributed by atoms with Crippen molar-refractivity contribution >= 4 is 34.0 Å². The molecule has 0 unspecified atom stereocenters. The zero-order valence-corrected chi connectivity index (χ0v) is 26.9. The van der Waals surface area contributed by atoms with Gasteiger partial charge in [-0.1, -0.05) is 87.8 Å². The molecule has 6 heteroatoms. The molecule has 4 nitrogen and oxygen atoms in total. The van der Waals surface area contributed by atoms with Crippen molar-refractivity contribution in [3.05, 3.63) is 100 Å². The zero-order chi connectivity index (χ0) is 31.1. The molecule has 42 heavy (non-hydrogen) atoms. The first-order valence-electron chi connectivity index (χ1n) is 13.9. The predicted octanol–water partition coefficient (Wildman–Crippen LogP) is 10.5. The Labute approximate surface area is 259 Å². The van der Waals surface area contributed by atoms with Gasteiger partial charge in [-0.15, -0.1) is 11.6 Å². The zero-order valence-electron chi connectivity index (χ0n) is 25.4. The summed E-state index contributed by atoms with van der Waals surface area (Å²) < 4.78 is 13.2. The van der Waals surface area contributed by atoms with E-state index in [1.165, 1.54) is 0 Å². The van der Waals surface area contributed by atoms with E-state index in [0.717, 1.165) is 21.9 Å². The maximum absolute atomic E-state index is 10.2. The Balaban J connectivity index is 1.77. The van der Waals surface area contributed by atoms with Crippen LogP contribution in [0.3, 0.4) is 0 Å². The third-order valence-corrected chi connectivity index (χ3v) is 9.82. The fraction of sp³-hybridized carbons (Fsp3) is 0.333. The molecule has 4 aromatic rings. The molecule has 0 bridgehead atoms. The maximum atomic E-state index is 10.2. The summed E-state index contributed by atoms with van der Waals surface area (Å²) in [5, 5.41) is 22.2. The molecular weight excluding hydrogens is 563 g/mol. The van der Waals surface area contributed by atoms with Crippen molar-refractivity contribution < 1.29 is 9.47 Å². The van der Waals surface area contributed by atoms with E-state index in [0.29, 0.717) is 33.4 Å². The Bertz CT molecular complexity index is 1730. The van der Waals surface area contributed by atoms with E-state index in [4.69, 9.17) is 32.7 Å². The lowest BCUT2D eigenvalue weighted by Crippen LogP contribution is -2.48. The summed E-state index contributed by atoms with van der Waals surface area (Å²) in [5.41, 5.74) is 0.739. The van der Waals surface area contributed by atoms with Crippen LogP contribution in [-0.2, 0) is 10.8 Å². The molecule has 0 atom stereocenters. The minimum absolute atomic E-state index is 0.421. The standard InChI is InChI=1S/C36H36Cl2N2O2/c1-33(2,35(5,6)38)28-16-12-19-31(26(28)22-40)41-30-18-9-14-24-23(30)13-10-20-32(24)42-36(7,8)34(3,4)27-15-11-17-29(37)25(27)21-39/h9-20H,1-8H3. The third-order valence-electron chi connectivity index (χ3n) is 9.03. The van der Waals surface area contributed by atoms with E-state index in [-0.39, 0.29) is 0 Å². The second-order valence-corrected chi connectivity index (χ2v) is 14.0. The first kappa shape index (κ1) is 31.2. The number of rotatable bonds is 8. The second kappa shape index (κ2) is 11.2. The molecule has 0 amide bonds. The van der Waals surface area contributed by atoms with Crippen LogP contribution in [0.15, 0.2) is 72.8 Å². The molecule has 4 aromatic carbocycles. The van der Waals surface area contributed by atoms with Gasteiger partial charge in [-0.25, -0.2) is 0 Å². The molecule has 0 spiro atoms. The Morgan fingerprint density at radius 3 is 1.64 bits per heavy atom. The van der Waals surface area contributed by atoms with Crippen molar-refractivity contribution in [2.24, 2.45) is 0 Å². The van der Waals surface area contributed by atoms with Crippen LogP contribution in [-0.4, -0.2) is 10.5 Å². The van der Waals surface area contributed by atoms with E-state index >= 15 is 0 Å². The Morgan fingerprint density at radius 2 is 1.07 bits per heavy atom. The number of nitrogens with zero attached hydrogens (tertiary/aromatic N) is 2. The van der Waals surface area contributed by atoms with E-state index in [1.807, 2.05) is 108 Å². The highest BCUT2D eigenvalue weighted by molar-refractivity contribution is 6.31. The van der Waals surface area contributed by atoms with Gasteiger partial charge in [0.2, 0.25) is 0 Å². The fourth-order valence-corrected chi connectivity index (χ4v) is 5.33.